The summed E-state index contributed by atoms with van der Waals surface area (Å²) in [6.45, 7) is 5.13. The average Bonchev–Trinajstić information content (AvgIpc) is 2.89. The lowest BCUT2D eigenvalue weighted by Gasteiger charge is -2.38. The Morgan fingerprint density at radius 1 is 1.03 bits per heavy atom. The van der Waals surface area contributed by atoms with Crippen LogP contribution in [0.1, 0.15) is 37.7 Å². The summed E-state index contributed by atoms with van der Waals surface area (Å²) in [5.74, 6) is 1.17. The summed E-state index contributed by atoms with van der Waals surface area (Å²) in [4.78, 5) is 20.2. The molecule has 0 spiro atoms. The molecule has 33 heavy (non-hydrogen) atoms. The highest BCUT2D eigenvalue weighted by molar-refractivity contribution is 5.96. The molecule has 2 aliphatic rings. The van der Waals surface area contributed by atoms with E-state index in [1.54, 1.807) is 7.11 Å². The number of piperazine rings is 1. The molecule has 1 amide bonds. The van der Waals surface area contributed by atoms with Crippen LogP contribution in [0, 0.1) is 17.2 Å². The largest absolute Gasteiger partial charge is 0.495 e. The Kier molecular flexibility index (Phi) is 7.85. The van der Waals surface area contributed by atoms with E-state index in [9.17, 15) is 10.1 Å². The first-order chi connectivity index (χ1) is 16.2. The second-order valence-corrected chi connectivity index (χ2v) is 8.95. The van der Waals surface area contributed by atoms with E-state index >= 15 is 0 Å². The van der Waals surface area contributed by atoms with Gasteiger partial charge in [0.25, 0.3) is 0 Å². The maximum atomic E-state index is 13.5. The summed E-state index contributed by atoms with van der Waals surface area (Å²) in [5.41, 5.74) is 2.46. The van der Waals surface area contributed by atoms with Crippen LogP contribution in [0.15, 0.2) is 48.5 Å². The number of benzene rings is 2. The summed E-state index contributed by atoms with van der Waals surface area (Å²) in [6, 6.07) is 17.9. The standard InChI is InChI=1S/C27H34N4O2/c1-33-26-14-8-7-13-25(26)30-18-15-29(16-19-30)17-20-31(24-12-6-5-11-23(24)21-28)27(32)22-9-3-2-4-10-22/h5-8,11-14,22H,2-4,9-10,15-20H2,1H3. The fourth-order valence-corrected chi connectivity index (χ4v) is 5.07. The number of nitriles is 1. The zero-order valence-corrected chi connectivity index (χ0v) is 19.6. The molecule has 1 heterocycles. The van der Waals surface area contributed by atoms with Gasteiger partial charge in [-0.3, -0.25) is 9.69 Å². The highest BCUT2D eigenvalue weighted by atomic mass is 16.5. The number of methoxy groups -OCH3 is 1. The van der Waals surface area contributed by atoms with Crippen LogP contribution in [0.2, 0.25) is 0 Å². The number of hydrogen-bond acceptors (Lipinski definition) is 5. The third-order valence-electron chi connectivity index (χ3n) is 6.97. The van der Waals surface area contributed by atoms with Gasteiger partial charge in [0.1, 0.15) is 11.8 Å². The number of anilines is 2. The third kappa shape index (κ3) is 5.48. The van der Waals surface area contributed by atoms with E-state index in [0.29, 0.717) is 12.1 Å². The summed E-state index contributed by atoms with van der Waals surface area (Å²) in [7, 11) is 1.71. The molecule has 1 saturated heterocycles. The van der Waals surface area contributed by atoms with Crippen LogP contribution in [-0.2, 0) is 4.79 Å². The van der Waals surface area contributed by atoms with Gasteiger partial charge in [-0.25, -0.2) is 0 Å². The predicted molar refractivity (Wildman–Crippen MR) is 132 cm³/mol. The molecular formula is C27H34N4O2. The Bertz CT molecular complexity index is 972. The molecule has 0 aromatic heterocycles. The van der Waals surface area contributed by atoms with E-state index in [1.807, 2.05) is 47.4 Å². The van der Waals surface area contributed by atoms with Crippen molar-refractivity contribution in [1.29, 1.82) is 5.26 Å². The molecule has 0 bridgehead atoms. The van der Waals surface area contributed by atoms with Gasteiger partial charge in [-0.05, 0) is 37.1 Å². The van der Waals surface area contributed by atoms with Crippen molar-refractivity contribution < 1.29 is 9.53 Å². The van der Waals surface area contributed by atoms with Crippen LogP contribution >= 0.6 is 0 Å². The zero-order chi connectivity index (χ0) is 23.0. The minimum atomic E-state index is 0.0768. The van der Waals surface area contributed by atoms with Crippen LogP contribution < -0.4 is 14.5 Å². The van der Waals surface area contributed by atoms with Crippen LogP contribution in [0.25, 0.3) is 0 Å². The normalized spacial score (nSPS) is 17.4. The van der Waals surface area contributed by atoms with Gasteiger partial charge in [0.2, 0.25) is 5.91 Å². The smallest absolute Gasteiger partial charge is 0.230 e. The van der Waals surface area contributed by atoms with Gasteiger partial charge in [0.05, 0.1) is 24.0 Å². The van der Waals surface area contributed by atoms with Crippen LogP contribution in [0.4, 0.5) is 11.4 Å². The second-order valence-electron chi connectivity index (χ2n) is 8.95. The van der Waals surface area contributed by atoms with Crippen molar-refractivity contribution in [1.82, 2.24) is 4.90 Å². The van der Waals surface area contributed by atoms with Crippen molar-refractivity contribution >= 4 is 17.3 Å². The molecule has 0 atom stereocenters. The predicted octanol–water partition coefficient (Wildman–Crippen LogP) is 4.30. The fourth-order valence-electron chi connectivity index (χ4n) is 5.07. The summed E-state index contributed by atoms with van der Waals surface area (Å²) in [5, 5.41) is 9.64. The Hall–Kier alpha value is -3.04. The zero-order valence-electron chi connectivity index (χ0n) is 19.6. The van der Waals surface area contributed by atoms with E-state index in [2.05, 4.69) is 21.9 Å². The molecule has 1 saturated carbocycles. The van der Waals surface area contributed by atoms with Gasteiger partial charge < -0.3 is 14.5 Å². The summed E-state index contributed by atoms with van der Waals surface area (Å²) in [6.07, 6.45) is 5.38. The lowest BCUT2D eigenvalue weighted by atomic mass is 9.88. The molecule has 6 heteroatoms. The molecule has 1 aliphatic carbocycles. The number of carbonyl (C=O) groups is 1. The number of hydrogen-bond donors (Lipinski definition) is 0. The van der Waals surface area contributed by atoms with Gasteiger partial charge in [-0.2, -0.15) is 5.26 Å². The van der Waals surface area contributed by atoms with Crippen molar-refractivity contribution in [2.45, 2.75) is 32.1 Å². The van der Waals surface area contributed by atoms with Crippen molar-refractivity contribution in [2.24, 2.45) is 5.92 Å². The summed E-state index contributed by atoms with van der Waals surface area (Å²) >= 11 is 0. The second kappa shape index (κ2) is 11.2. The topological polar surface area (TPSA) is 59.8 Å². The lowest BCUT2D eigenvalue weighted by Crippen LogP contribution is -2.49. The Labute approximate surface area is 197 Å². The first-order valence-electron chi connectivity index (χ1n) is 12.1. The monoisotopic (exact) mass is 446 g/mol. The average molecular weight is 447 g/mol. The van der Waals surface area contributed by atoms with Crippen LogP contribution in [-0.4, -0.2) is 57.2 Å². The summed E-state index contributed by atoms with van der Waals surface area (Å²) < 4.78 is 5.53. The molecule has 6 nitrogen and oxygen atoms in total. The van der Waals surface area contributed by atoms with Gasteiger partial charge in [-0.15, -0.1) is 0 Å². The molecule has 2 aromatic rings. The molecule has 2 aromatic carbocycles. The van der Waals surface area contributed by atoms with Crippen LogP contribution in [0.5, 0.6) is 5.75 Å². The van der Waals surface area contributed by atoms with Gasteiger partial charge >= 0.3 is 0 Å². The van der Waals surface area contributed by atoms with E-state index < -0.39 is 0 Å². The highest BCUT2D eigenvalue weighted by Gasteiger charge is 2.29. The molecule has 0 radical (unpaired) electrons. The molecule has 2 fully saturated rings. The van der Waals surface area contributed by atoms with E-state index in [-0.39, 0.29) is 11.8 Å². The Morgan fingerprint density at radius 2 is 1.73 bits per heavy atom. The van der Waals surface area contributed by atoms with Crippen molar-refractivity contribution in [3.8, 4) is 11.8 Å². The molecular weight excluding hydrogens is 412 g/mol. The van der Waals surface area contributed by atoms with Crippen molar-refractivity contribution in [3.63, 3.8) is 0 Å². The van der Waals surface area contributed by atoms with Gasteiger partial charge in [0.15, 0.2) is 0 Å². The maximum Gasteiger partial charge on any atom is 0.230 e. The van der Waals surface area contributed by atoms with E-state index in [1.165, 1.54) is 6.42 Å². The SMILES string of the molecule is COc1ccccc1N1CCN(CCN(C(=O)C2CCCCC2)c2ccccc2C#N)CC1. The Morgan fingerprint density at radius 3 is 2.45 bits per heavy atom. The van der Waals surface area contributed by atoms with Crippen molar-refractivity contribution in [3.05, 3.63) is 54.1 Å². The first-order valence-corrected chi connectivity index (χ1v) is 12.1. The molecule has 174 valence electrons. The lowest BCUT2D eigenvalue weighted by molar-refractivity contribution is -0.123. The number of carbonyl (C=O) groups excluding carboxylic acids is 1. The maximum absolute atomic E-state index is 13.5. The fraction of sp³-hybridized carbons (Fsp3) is 0.481. The Balaban J connectivity index is 1.42. The molecule has 4 rings (SSSR count). The number of nitrogens with zero attached hydrogens (tertiary/aromatic N) is 4. The molecule has 0 unspecified atom stereocenters. The third-order valence-corrected chi connectivity index (χ3v) is 6.97. The molecule has 1 aliphatic heterocycles. The van der Waals surface area contributed by atoms with E-state index in [0.717, 1.165) is 75.5 Å². The van der Waals surface area contributed by atoms with Gasteiger partial charge in [-0.1, -0.05) is 43.5 Å². The van der Waals surface area contributed by atoms with Gasteiger partial charge in [0, 0.05) is 45.2 Å². The van der Waals surface area contributed by atoms with E-state index in [4.69, 9.17) is 4.74 Å². The number of amides is 1. The van der Waals surface area contributed by atoms with Crippen molar-refractivity contribution in [2.75, 3.05) is 56.2 Å². The first kappa shape index (κ1) is 23.1. The quantitative estimate of drug-likeness (QED) is 0.635. The minimum Gasteiger partial charge on any atom is -0.495 e. The molecule has 0 N–H and O–H groups in total. The number of para-hydroxylation sites is 3. The highest BCUT2D eigenvalue weighted by Crippen LogP contribution is 2.30. The van der Waals surface area contributed by atoms with Crippen LogP contribution in [0.3, 0.4) is 0 Å². The number of ether oxygens (including phenoxy) is 1. The minimum absolute atomic E-state index is 0.0768. The number of rotatable bonds is 7.